The molecule has 5 heteroatoms. The topological polar surface area (TPSA) is 69.6 Å². The van der Waals surface area contributed by atoms with Crippen molar-refractivity contribution in [3.05, 3.63) is 0 Å². The first kappa shape index (κ1) is 14.8. The van der Waals surface area contributed by atoms with Gasteiger partial charge in [-0.3, -0.25) is 9.59 Å². The number of amides is 2. The Morgan fingerprint density at radius 1 is 0.952 bits per heavy atom. The van der Waals surface area contributed by atoms with Gasteiger partial charge in [-0.1, -0.05) is 12.8 Å². The van der Waals surface area contributed by atoms with Crippen LogP contribution in [0.2, 0.25) is 0 Å². The van der Waals surface area contributed by atoms with Gasteiger partial charge in [-0.15, -0.1) is 0 Å². The molecule has 0 aromatic rings. The third-order valence-electron chi connectivity index (χ3n) is 5.09. The molecule has 2 saturated carbocycles. The molecule has 5 nitrogen and oxygen atoms in total. The Kier molecular flexibility index (Phi) is 4.48. The van der Waals surface area contributed by atoms with Crippen molar-refractivity contribution in [1.29, 1.82) is 0 Å². The number of carbonyl (C=O) groups is 2. The number of aliphatic hydroxyl groups is 1. The minimum atomic E-state index is -0.407. The van der Waals surface area contributed by atoms with Gasteiger partial charge in [-0.05, 0) is 38.5 Å². The zero-order chi connectivity index (χ0) is 14.8. The van der Waals surface area contributed by atoms with E-state index in [0.29, 0.717) is 6.54 Å². The molecule has 1 unspecified atom stereocenters. The van der Waals surface area contributed by atoms with Crippen molar-refractivity contribution in [2.75, 3.05) is 13.1 Å². The molecule has 3 atom stereocenters. The van der Waals surface area contributed by atoms with Gasteiger partial charge in [-0.25, -0.2) is 0 Å². The number of hydrogen-bond acceptors (Lipinski definition) is 3. The van der Waals surface area contributed by atoms with Gasteiger partial charge < -0.3 is 15.3 Å². The molecule has 1 saturated heterocycles. The molecule has 0 radical (unpaired) electrons. The molecule has 118 valence electrons. The minimum Gasteiger partial charge on any atom is -0.391 e. The number of hydrogen-bond donors (Lipinski definition) is 2. The molecule has 3 fully saturated rings. The van der Waals surface area contributed by atoms with Crippen LogP contribution in [0.5, 0.6) is 0 Å². The third kappa shape index (κ3) is 3.57. The summed E-state index contributed by atoms with van der Waals surface area (Å²) in [5.41, 5.74) is 0. The van der Waals surface area contributed by atoms with Crippen LogP contribution in [0.3, 0.4) is 0 Å². The second-order valence-electron chi connectivity index (χ2n) is 6.86. The fraction of sp³-hybridized carbons (Fsp3) is 0.875. The first-order valence-corrected chi connectivity index (χ1v) is 8.42. The van der Waals surface area contributed by atoms with Gasteiger partial charge in [0.25, 0.3) is 0 Å². The fourth-order valence-corrected chi connectivity index (χ4v) is 3.56. The van der Waals surface area contributed by atoms with Crippen molar-refractivity contribution in [2.24, 2.45) is 11.8 Å². The summed E-state index contributed by atoms with van der Waals surface area (Å²) in [5.74, 6) is 0.391. The molecule has 0 spiro atoms. The highest BCUT2D eigenvalue weighted by molar-refractivity contribution is 5.83. The van der Waals surface area contributed by atoms with E-state index >= 15 is 0 Å². The predicted octanol–water partition coefficient (Wildman–Crippen LogP) is 1.05. The number of nitrogens with zero attached hydrogens (tertiary/aromatic N) is 1. The van der Waals surface area contributed by atoms with Crippen LogP contribution in [0.4, 0.5) is 0 Å². The summed E-state index contributed by atoms with van der Waals surface area (Å²) in [6.45, 7) is 1.36. The van der Waals surface area contributed by atoms with Gasteiger partial charge in [0.2, 0.25) is 11.8 Å². The lowest BCUT2D eigenvalue weighted by Gasteiger charge is -2.34. The van der Waals surface area contributed by atoms with Gasteiger partial charge in [0.15, 0.2) is 0 Å². The zero-order valence-corrected chi connectivity index (χ0v) is 12.6. The normalized spacial score (nSPS) is 33.6. The van der Waals surface area contributed by atoms with Gasteiger partial charge >= 0.3 is 0 Å². The van der Waals surface area contributed by atoms with Crippen molar-refractivity contribution in [2.45, 2.75) is 63.5 Å². The number of carbonyl (C=O) groups excluding carboxylic acids is 2. The Balaban J connectivity index is 1.52. The minimum absolute atomic E-state index is 0.0225. The Hall–Kier alpha value is -1.10. The maximum atomic E-state index is 12.4. The van der Waals surface area contributed by atoms with Crippen LogP contribution in [-0.4, -0.2) is 47.1 Å². The molecular formula is C16H26N2O3. The van der Waals surface area contributed by atoms with Crippen molar-refractivity contribution >= 4 is 11.8 Å². The second kappa shape index (κ2) is 6.34. The first-order valence-electron chi connectivity index (χ1n) is 8.42. The van der Waals surface area contributed by atoms with Gasteiger partial charge in [0.05, 0.1) is 18.1 Å². The maximum absolute atomic E-state index is 12.4. The molecule has 0 bridgehead atoms. The van der Waals surface area contributed by atoms with E-state index in [4.69, 9.17) is 0 Å². The molecule has 0 aromatic heterocycles. The highest BCUT2D eigenvalue weighted by Crippen LogP contribution is 2.32. The van der Waals surface area contributed by atoms with Crippen molar-refractivity contribution in [1.82, 2.24) is 10.2 Å². The lowest BCUT2D eigenvalue weighted by Crippen LogP contribution is -2.51. The third-order valence-corrected chi connectivity index (χ3v) is 5.09. The lowest BCUT2D eigenvalue weighted by atomic mass is 9.91. The summed E-state index contributed by atoms with van der Waals surface area (Å²) in [7, 11) is 0. The lowest BCUT2D eigenvalue weighted by molar-refractivity contribution is -0.137. The Morgan fingerprint density at radius 2 is 1.71 bits per heavy atom. The summed E-state index contributed by atoms with van der Waals surface area (Å²) in [6.07, 6.45) is 7.13. The molecular weight excluding hydrogens is 268 g/mol. The maximum Gasteiger partial charge on any atom is 0.225 e. The van der Waals surface area contributed by atoms with Crippen LogP contribution >= 0.6 is 0 Å². The highest BCUT2D eigenvalue weighted by Gasteiger charge is 2.37. The van der Waals surface area contributed by atoms with Crippen LogP contribution in [0, 0.1) is 11.8 Å². The van der Waals surface area contributed by atoms with E-state index in [1.165, 1.54) is 0 Å². The van der Waals surface area contributed by atoms with Gasteiger partial charge in [-0.2, -0.15) is 0 Å². The Bertz CT molecular complexity index is 408. The summed E-state index contributed by atoms with van der Waals surface area (Å²) < 4.78 is 0. The van der Waals surface area contributed by atoms with Crippen molar-refractivity contribution < 1.29 is 14.7 Å². The molecule has 21 heavy (non-hydrogen) atoms. The summed E-state index contributed by atoms with van der Waals surface area (Å²) in [6, 6.07) is -0.0965. The average molecular weight is 294 g/mol. The standard InChI is InChI=1S/C16H26N2O3/c19-14-6-2-1-5-13(14)17-15(20)12-4-3-9-18(10-12)16(21)11-7-8-11/h11-14,19H,1-10H2,(H,17,20)/t12?,13-,14-/m0/s1. The molecule has 2 aliphatic carbocycles. The number of nitrogens with one attached hydrogen (secondary N) is 1. The van der Waals surface area contributed by atoms with Crippen molar-refractivity contribution in [3.63, 3.8) is 0 Å². The average Bonchev–Trinajstić information content (AvgIpc) is 3.34. The summed E-state index contributed by atoms with van der Waals surface area (Å²) >= 11 is 0. The molecule has 2 amide bonds. The number of rotatable bonds is 3. The van der Waals surface area contributed by atoms with Crippen molar-refractivity contribution in [3.8, 4) is 0 Å². The number of likely N-dealkylation sites (tertiary alicyclic amines) is 1. The molecule has 0 aromatic carbocycles. The largest absolute Gasteiger partial charge is 0.391 e. The Morgan fingerprint density at radius 3 is 2.43 bits per heavy atom. The van der Waals surface area contributed by atoms with E-state index in [1.54, 1.807) is 0 Å². The van der Waals surface area contributed by atoms with Crippen LogP contribution in [0.15, 0.2) is 0 Å². The van der Waals surface area contributed by atoms with Gasteiger partial charge in [0, 0.05) is 19.0 Å². The first-order chi connectivity index (χ1) is 10.1. The molecule has 1 heterocycles. The summed E-state index contributed by atoms with van der Waals surface area (Å²) in [4.78, 5) is 26.4. The van der Waals surface area contributed by atoms with Gasteiger partial charge in [0.1, 0.15) is 0 Å². The SMILES string of the molecule is O=C(N[C@H]1CCCC[C@@H]1O)C1CCCN(C(=O)C2CC2)C1. The quantitative estimate of drug-likeness (QED) is 0.817. The van der Waals surface area contributed by atoms with Crippen LogP contribution in [0.25, 0.3) is 0 Å². The molecule has 3 rings (SSSR count). The van der Waals surface area contributed by atoms with E-state index in [1.807, 2.05) is 4.90 Å². The summed E-state index contributed by atoms with van der Waals surface area (Å²) in [5, 5.41) is 13.0. The predicted molar refractivity (Wildman–Crippen MR) is 78.4 cm³/mol. The van der Waals surface area contributed by atoms with E-state index in [9.17, 15) is 14.7 Å². The molecule has 1 aliphatic heterocycles. The van der Waals surface area contributed by atoms with Crippen LogP contribution < -0.4 is 5.32 Å². The second-order valence-corrected chi connectivity index (χ2v) is 6.86. The number of piperidine rings is 1. The van der Waals surface area contributed by atoms with E-state index in [-0.39, 0.29) is 29.7 Å². The van der Waals surface area contributed by atoms with E-state index in [0.717, 1.165) is 57.9 Å². The highest BCUT2D eigenvalue weighted by atomic mass is 16.3. The molecule has 2 N–H and O–H groups in total. The molecule has 3 aliphatic rings. The van der Waals surface area contributed by atoms with E-state index in [2.05, 4.69) is 5.32 Å². The fourth-order valence-electron chi connectivity index (χ4n) is 3.56. The Labute approximate surface area is 126 Å². The number of aliphatic hydroxyl groups excluding tert-OH is 1. The monoisotopic (exact) mass is 294 g/mol. The van der Waals surface area contributed by atoms with Crippen LogP contribution in [-0.2, 0) is 9.59 Å². The van der Waals surface area contributed by atoms with Crippen LogP contribution in [0.1, 0.15) is 51.4 Å². The van der Waals surface area contributed by atoms with E-state index < -0.39 is 6.10 Å². The zero-order valence-electron chi connectivity index (χ0n) is 12.6. The smallest absolute Gasteiger partial charge is 0.225 e.